The lowest BCUT2D eigenvalue weighted by atomic mass is 9.94. The smallest absolute Gasteiger partial charge is 0.254 e. The van der Waals surface area contributed by atoms with Gasteiger partial charge in [0.15, 0.2) is 11.5 Å². The maximum atomic E-state index is 13.3. The SMILES string of the molecule is O=C(NCc1ccc(F)cc1)[C@@H](C1CCCC1)N1CCN(C(=O)c2ccc3c(c2)OCO3)CC1. The van der Waals surface area contributed by atoms with Gasteiger partial charge in [-0.1, -0.05) is 25.0 Å². The minimum Gasteiger partial charge on any atom is -0.454 e. The summed E-state index contributed by atoms with van der Waals surface area (Å²) >= 11 is 0. The number of carbonyl (C=O) groups is 2. The molecule has 0 spiro atoms. The van der Waals surface area contributed by atoms with Crippen molar-refractivity contribution >= 4 is 11.8 Å². The number of benzene rings is 2. The number of hydrogen-bond donors (Lipinski definition) is 1. The number of nitrogens with zero attached hydrogens (tertiary/aromatic N) is 2. The maximum Gasteiger partial charge on any atom is 0.254 e. The first-order chi connectivity index (χ1) is 16.6. The second kappa shape index (κ2) is 10.0. The summed E-state index contributed by atoms with van der Waals surface area (Å²) in [7, 11) is 0. The molecule has 8 heteroatoms. The third-order valence-electron chi connectivity index (χ3n) is 7.11. The lowest BCUT2D eigenvalue weighted by Gasteiger charge is -2.40. The number of carbonyl (C=O) groups excluding carboxylic acids is 2. The number of ether oxygens (including phenoxy) is 2. The predicted octanol–water partition coefficient (Wildman–Crippen LogP) is 3.19. The van der Waals surface area contributed by atoms with Gasteiger partial charge in [-0.2, -0.15) is 0 Å². The van der Waals surface area contributed by atoms with E-state index in [-0.39, 0.29) is 30.5 Å². The van der Waals surface area contributed by atoms with Gasteiger partial charge in [-0.05, 0) is 54.7 Å². The van der Waals surface area contributed by atoms with E-state index in [0.717, 1.165) is 31.2 Å². The van der Waals surface area contributed by atoms with Crippen LogP contribution in [0.4, 0.5) is 4.39 Å². The van der Waals surface area contributed by atoms with Crippen LogP contribution in [0.1, 0.15) is 41.6 Å². The van der Waals surface area contributed by atoms with Gasteiger partial charge in [0.1, 0.15) is 5.82 Å². The molecule has 5 rings (SSSR count). The number of rotatable bonds is 6. The summed E-state index contributed by atoms with van der Waals surface area (Å²) in [6.07, 6.45) is 4.39. The van der Waals surface area contributed by atoms with Gasteiger partial charge < -0.3 is 19.7 Å². The van der Waals surface area contributed by atoms with Crippen LogP contribution in [-0.4, -0.2) is 60.6 Å². The number of fused-ring (bicyclic) bond motifs is 1. The minimum atomic E-state index is -0.285. The van der Waals surface area contributed by atoms with E-state index in [9.17, 15) is 14.0 Å². The average Bonchev–Trinajstić information content (AvgIpc) is 3.56. The number of piperazine rings is 1. The molecule has 2 aromatic carbocycles. The lowest BCUT2D eigenvalue weighted by Crippen LogP contribution is -2.57. The van der Waals surface area contributed by atoms with Crippen LogP contribution < -0.4 is 14.8 Å². The molecule has 3 aliphatic rings. The topological polar surface area (TPSA) is 71.1 Å². The molecule has 1 atom stereocenters. The molecule has 1 N–H and O–H groups in total. The van der Waals surface area contributed by atoms with Gasteiger partial charge in [0.25, 0.3) is 5.91 Å². The lowest BCUT2D eigenvalue weighted by molar-refractivity contribution is -0.129. The Morgan fingerprint density at radius 3 is 2.41 bits per heavy atom. The van der Waals surface area contributed by atoms with Crippen molar-refractivity contribution < 1.29 is 23.5 Å². The van der Waals surface area contributed by atoms with Gasteiger partial charge >= 0.3 is 0 Å². The second-order valence-electron chi connectivity index (χ2n) is 9.23. The highest BCUT2D eigenvalue weighted by atomic mass is 19.1. The maximum absolute atomic E-state index is 13.3. The van der Waals surface area contributed by atoms with Crippen molar-refractivity contribution in [2.75, 3.05) is 33.0 Å². The van der Waals surface area contributed by atoms with Crippen molar-refractivity contribution in [3.8, 4) is 11.5 Å². The van der Waals surface area contributed by atoms with E-state index in [1.54, 1.807) is 30.3 Å². The summed E-state index contributed by atoms with van der Waals surface area (Å²) in [5.74, 6) is 1.29. The van der Waals surface area contributed by atoms with Crippen LogP contribution in [0.15, 0.2) is 42.5 Å². The number of hydrogen-bond acceptors (Lipinski definition) is 5. The Bertz CT molecular complexity index is 1030. The molecule has 1 saturated heterocycles. The first kappa shape index (κ1) is 22.7. The Kier molecular flexibility index (Phi) is 6.67. The van der Waals surface area contributed by atoms with E-state index in [1.165, 1.54) is 12.1 Å². The molecule has 1 saturated carbocycles. The average molecular weight is 468 g/mol. The zero-order chi connectivity index (χ0) is 23.5. The fourth-order valence-electron chi connectivity index (χ4n) is 5.26. The molecule has 0 unspecified atom stereocenters. The van der Waals surface area contributed by atoms with Crippen LogP contribution in [0.25, 0.3) is 0 Å². The van der Waals surface area contributed by atoms with Crippen LogP contribution in [-0.2, 0) is 11.3 Å². The summed E-state index contributed by atoms with van der Waals surface area (Å²) < 4.78 is 23.9. The predicted molar refractivity (Wildman–Crippen MR) is 124 cm³/mol. The number of amides is 2. The van der Waals surface area contributed by atoms with Crippen molar-refractivity contribution in [2.24, 2.45) is 5.92 Å². The summed E-state index contributed by atoms with van der Waals surface area (Å²) in [5.41, 5.74) is 1.46. The summed E-state index contributed by atoms with van der Waals surface area (Å²) in [6.45, 7) is 3.01. The Balaban J connectivity index is 1.21. The van der Waals surface area contributed by atoms with E-state index in [1.807, 2.05) is 4.90 Å². The summed E-state index contributed by atoms with van der Waals surface area (Å²) in [4.78, 5) is 30.4. The Morgan fingerprint density at radius 2 is 1.68 bits per heavy atom. The molecule has 34 heavy (non-hydrogen) atoms. The number of nitrogens with one attached hydrogen (secondary N) is 1. The van der Waals surface area contributed by atoms with Crippen LogP contribution in [0.5, 0.6) is 11.5 Å². The monoisotopic (exact) mass is 467 g/mol. The molecule has 2 aromatic rings. The van der Waals surface area contributed by atoms with Crippen LogP contribution in [0, 0.1) is 11.7 Å². The molecule has 0 aromatic heterocycles. The number of halogens is 1. The molecular weight excluding hydrogens is 437 g/mol. The molecule has 0 bridgehead atoms. The highest BCUT2D eigenvalue weighted by Crippen LogP contribution is 2.33. The zero-order valence-electron chi connectivity index (χ0n) is 19.2. The first-order valence-corrected chi connectivity index (χ1v) is 12.0. The Labute approximate surface area is 198 Å². The van der Waals surface area contributed by atoms with E-state index < -0.39 is 0 Å². The van der Waals surface area contributed by atoms with Crippen molar-refractivity contribution in [1.82, 2.24) is 15.1 Å². The molecule has 2 fully saturated rings. The van der Waals surface area contributed by atoms with Crippen LogP contribution >= 0.6 is 0 Å². The minimum absolute atomic E-state index is 0.0202. The normalized spacial score (nSPS) is 19.3. The Morgan fingerprint density at radius 1 is 0.971 bits per heavy atom. The van der Waals surface area contributed by atoms with Crippen molar-refractivity contribution in [1.29, 1.82) is 0 Å². The van der Waals surface area contributed by atoms with E-state index in [2.05, 4.69) is 10.2 Å². The van der Waals surface area contributed by atoms with Crippen molar-refractivity contribution in [3.63, 3.8) is 0 Å². The highest BCUT2D eigenvalue weighted by molar-refractivity contribution is 5.95. The quantitative estimate of drug-likeness (QED) is 0.707. The van der Waals surface area contributed by atoms with E-state index in [0.29, 0.717) is 55.7 Å². The third-order valence-corrected chi connectivity index (χ3v) is 7.11. The third kappa shape index (κ3) is 4.87. The standard InChI is InChI=1S/C26H30FN3O4/c27-21-8-5-18(6-9-21)16-28-25(31)24(19-3-1-2-4-19)29-11-13-30(14-12-29)26(32)20-7-10-22-23(15-20)34-17-33-22/h5-10,15,19,24H,1-4,11-14,16-17H2,(H,28,31)/t24-/m1/s1. The fraction of sp³-hybridized carbons (Fsp3) is 0.462. The van der Waals surface area contributed by atoms with E-state index in [4.69, 9.17) is 9.47 Å². The van der Waals surface area contributed by atoms with Gasteiger partial charge in [-0.3, -0.25) is 14.5 Å². The van der Waals surface area contributed by atoms with Gasteiger partial charge in [-0.25, -0.2) is 4.39 Å². The van der Waals surface area contributed by atoms with Crippen LogP contribution in [0.2, 0.25) is 0 Å². The van der Waals surface area contributed by atoms with Gasteiger partial charge in [-0.15, -0.1) is 0 Å². The second-order valence-corrected chi connectivity index (χ2v) is 9.23. The first-order valence-electron chi connectivity index (χ1n) is 12.0. The van der Waals surface area contributed by atoms with Crippen molar-refractivity contribution in [3.05, 3.63) is 59.4 Å². The van der Waals surface area contributed by atoms with Gasteiger partial charge in [0.05, 0.1) is 6.04 Å². The highest BCUT2D eigenvalue weighted by Gasteiger charge is 2.37. The van der Waals surface area contributed by atoms with E-state index >= 15 is 0 Å². The van der Waals surface area contributed by atoms with Gasteiger partial charge in [0.2, 0.25) is 12.7 Å². The molecule has 2 aliphatic heterocycles. The summed E-state index contributed by atoms with van der Waals surface area (Å²) in [6, 6.07) is 11.3. The summed E-state index contributed by atoms with van der Waals surface area (Å²) in [5, 5.41) is 3.07. The zero-order valence-corrected chi connectivity index (χ0v) is 19.2. The van der Waals surface area contributed by atoms with Crippen molar-refractivity contribution in [2.45, 2.75) is 38.3 Å². The fourth-order valence-corrected chi connectivity index (χ4v) is 5.26. The molecule has 1 aliphatic carbocycles. The molecule has 7 nitrogen and oxygen atoms in total. The molecule has 0 radical (unpaired) electrons. The van der Waals surface area contributed by atoms with Crippen LogP contribution in [0.3, 0.4) is 0 Å². The Hall–Kier alpha value is -3.13. The molecule has 2 amide bonds. The molecular formula is C26H30FN3O4. The molecule has 180 valence electrons. The largest absolute Gasteiger partial charge is 0.454 e. The molecule has 2 heterocycles. The van der Waals surface area contributed by atoms with Gasteiger partial charge in [0, 0.05) is 38.3 Å².